The second-order valence-electron chi connectivity index (χ2n) is 4.99. The van der Waals surface area contributed by atoms with Crippen molar-refractivity contribution in [2.75, 3.05) is 18.0 Å². The Morgan fingerprint density at radius 2 is 2.33 bits per heavy atom. The average Bonchev–Trinajstić information content (AvgIpc) is 2.93. The van der Waals surface area contributed by atoms with Crippen molar-refractivity contribution in [3.8, 4) is 0 Å². The molecule has 0 bridgehead atoms. The highest BCUT2D eigenvalue weighted by Crippen LogP contribution is 2.29. The lowest BCUT2D eigenvalue weighted by Crippen LogP contribution is -2.39. The van der Waals surface area contributed by atoms with E-state index in [0.717, 1.165) is 18.1 Å². The lowest BCUT2D eigenvalue weighted by Gasteiger charge is -2.27. The third kappa shape index (κ3) is 1.64. The van der Waals surface area contributed by atoms with E-state index in [2.05, 4.69) is 33.0 Å². The van der Waals surface area contributed by atoms with Gasteiger partial charge in [-0.3, -0.25) is 0 Å². The second-order valence-corrected chi connectivity index (χ2v) is 4.99. The molecule has 3 rings (SSSR count). The van der Waals surface area contributed by atoms with Crippen LogP contribution in [0.5, 0.6) is 0 Å². The van der Waals surface area contributed by atoms with Gasteiger partial charge < -0.3 is 10.6 Å². The summed E-state index contributed by atoms with van der Waals surface area (Å²) in [5, 5.41) is 4.26. The van der Waals surface area contributed by atoms with Crippen LogP contribution >= 0.6 is 0 Å². The summed E-state index contributed by atoms with van der Waals surface area (Å²) < 4.78 is 1.80. The molecule has 6 nitrogen and oxygen atoms in total. The highest BCUT2D eigenvalue weighted by molar-refractivity contribution is 5.49. The second kappa shape index (κ2) is 4.20. The Morgan fingerprint density at radius 3 is 3.11 bits per heavy atom. The number of fused-ring (bicyclic) bond motifs is 1. The Morgan fingerprint density at radius 1 is 1.50 bits per heavy atom. The SMILES string of the molecule is Cc1cc(N2CCC(C)C2CN)n2ncnc2n1. The summed E-state index contributed by atoms with van der Waals surface area (Å²) in [6, 6.07) is 2.43. The van der Waals surface area contributed by atoms with E-state index in [9.17, 15) is 0 Å². The lowest BCUT2D eigenvalue weighted by atomic mass is 10.0. The Labute approximate surface area is 106 Å². The number of aromatic nitrogens is 4. The maximum atomic E-state index is 5.91. The van der Waals surface area contributed by atoms with Gasteiger partial charge in [-0.2, -0.15) is 14.6 Å². The number of anilines is 1. The van der Waals surface area contributed by atoms with Crippen LogP contribution in [-0.4, -0.2) is 38.7 Å². The molecule has 1 aliphatic heterocycles. The smallest absolute Gasteiger partial charge is 0.254 e. The highest BCUT2D eigenvalue weighted by Gasteiger charge is 2.31. The van der Waals surface area contributed by atoms with Gasteiger partial charge in [-0.05, 0) is 19.3 Å². The molecule has 2 atom stereocenters. The standard InChI is InChI=1S/C12H18N6/c1-8-3-4-17(10(8)6-13)11-5-9(2)16-12-14-7-15-18(11)12/h5,7-8,10H,3-4,6,13H2,1-2H3. The first-order chi connectivity index (χ1) is 8.70. The van der Waals surface area contributed by atoms with E-state index in [4.69, 9.17) is 5.73 Å². The van der Waals surface area contributed by atoms with Gasteiger partial charge in [0, 0.05) is 30.9 Å². The van der Waals surface area contributed by atoms with Gasteiger partial charge in [-0.25, -0.2) is 4.98 Å². The van der Waals surface area contributed by atoms with E-state index in [1.807, 2.05) is 6.92 Å². The predicted octanol–water partition coefficient (Wildman–Crippen LogP) is 0.606. The molecule has 1 fully saturated rings. The van der Waals surface area contributed by atoms with E-state index in [1.165, 1.54) is 6.42 Å². The Bertz CT molecular complexity index is 563. The Balaban J connectivity index is 2.11. The van der Waals surface area contributed by atoms with Crippen molar-refractivity contribution in [1.82, 2.24) is 19.6 Å². The first-order valence-corrected chi connectivity index (χ1v) is 6.35. The van der Waals surface area contributed by atoms with Crippen LogP contribution in [0.1, 0.15) is 19.0 Å². The van der Waals surface area contributed by atoms with Gasteiger partial charge in [0.15, 0.2) is 0 Å². The number of rotatable bonds is 2. The summed E-state index contributed by atoms with van der Waals surface area (Å²) in [6.07, 6.45) is 2.71. The molecule has 1 aliphatic rings. The first-order valence-electron chi connectivity index (χ1n) is 6.35. The molecule has 2 aromatic rings. The maximum Gasteiger partial charge on any atom is 0.254 e. The van der Waals surface area contributed by atoms with Gasteiger partial charge in [0.1, 0.15) is 12.1 Å². The van der Waals surface area contributed by atoms with Crippen molar-refractivity contribution < 1.29 is 0 Å². The molecule has 18 heavy (non-hydrogen) atoms. The summed E-state index contributed by atoms with van der Waals surface area (Å²) in [7, 11) is 0. The zero-order chi connectivity index (χ0) is 12.7. The van der Waals surface area contributed by atoms with Crippen molar-refractivity contribution in [1.29, 1.82) is 0 Å². The fourth-order valence-electron chi connectivity index (χ4n) is 2.77. The van der Waals surface area contributed by atoms with Crippen LogP contribution in [-0.2, 0) is 0 Å². The fraction of sp³-hybridized carbons (Fsp3) is 0.583. The normalized spacial score (nSPS) is 24.1. The number of nitrogens with zero attached hydrogens (tertiary/aromatic N) is 5. The van der Waals surface area contributed by atoms with Gasteiger partial charge in [-0.15, -0.1) is 0 Å². The van der Waals surface area contributed by atoms with Crippen LogP contribution < -0.4 is 10.6 Å². The number of nitrogens with two attached hydrogens (primary N) is 1. The van der Waals surface area contributed by atoms with Crippen LogP contribution in [0.25, 0.3) is 5.78 Å². The van der Waals surface area contributed by atoms with Crippen LogP contribution in [0.2, 0.25) is 0 Å². The van der Waals surface area contributed by atoms with Gasteiger partial charge >= 0.3 is 0 Å². The molecule has 2 unspecified atom stereocenters. The summed E-state index contributed by atoms with van der Waals surface area (Å²) in [4.78, 5) is 10.9. The zero-order valence-electron chi connectivity index (χ0n) is 10.7. The summed E-state index contributed by atoms with van der Waals surface area (Å²) in [5.41, 5.74) is 6.87. The van der Waals surface area contributed by atoms with Crippen LogP contribution in [0.4, 0.5) is 5.82 Å². The molecule has 1 saturated heterocycles. The van der Waals surface area contributed by atoms with E-state index in [1.54, 1.807) is 10.8 Å². The molecular weight excluding hydrogens is 228 g/mol. The number of hydrogen-bond donors (Lipinski definition) is 1. The quantitative estimate of drug-likeness (QED) is 0.840. The van der Waals surface area contributed by atoms with E-state index in [0.29, 0.717) is 24.3 Å². The van der Waals surface area contributed by atoms with Gasteiger partial charge in [0.05, 0.1) is 0 Å². The molecule has 3 heterocycles. The molecule has 0 saturated carbocycles. The van der Waals surface area contributed by atoms with Crippen molar-refractivity contribution >= 4 is 11.6 Å². The highest BCUT2D eigenvalue weighted by atomic mass is 15.4. The van der Waals surface area contributed by atoms with Crippen molar-refractivity contribution in [2.24, 2.45) is 11.7 Å². The molecule has 0 amide bonds. The minimum Gasteiger partial charge on any atom is -0.352 e. The average molecular weight is 246 g/mol. The minimum atomic E-state index is 0.374. The molecule has 96 valence electrons. The van der Waals surface area contributed by atoms with Gasteiger partial charge in [0.25, 0.3) is 5.78 Å². The van der Waals surface area contributed by atoms with Crippen molar-refractivity contribution in [3.05, 3.63) is 18.1 Å². The largest absolute Gasteiger partial charge is 0.352 e. The number of hydrogen-bond acceptors (Lipinski definition) is 5. The van der Waals surface area contributed by atoms with Crippen LogP contribution in [0.15, 0.2) is 12.4 Å². The Kier molecular flexibility index (Phi) is 2.66. The third-order valence-electron chi connectivity index (χ3n) is 3.78. The molecular formula is C12H18N6. The van der Waals surface area contributed by atoms with E-state index >= 15 is 0 Å². The van der Waals surface area contributed by atoms with E-state index < -0.39 is 0 Å². The number of aryl methyl sites for hydroxylation is 1. The van der Waals surface area contributed by atoms with E-state index in [-0.39, 0.29) is 0 Å². The summed E-state index contributed by atoms with van der Waals surface area (Å²) in [5.74, 6) is 2.32. The Hall–Kier alpha value is -1.69. The minimum absolute atomic E-state index is 0.374. The topological polar surface area (TPSA) is 72.3 Å². The fourth-order valence-corrected chi connectivity index (χ4v) is 2.77. The monoisotopic (exact) mass is 246 g/mol. The predicted molar refractivity (Wildman–Crippen MR) is 69.5 cm³/mol. The first kappa shape index (κ1) is 11.4. The lowest BCUT2D eigenvalue weighted by molar-refractivity contribution is 0.515. The van der Waals surface area contributed by atoms with Crippen LogP contribution in [0.3, 0.4) is 0 Å². The molecule has 0 aliphatic carbocycles. The zero-order valence-corrected chi connectivity index (χ0v) is 10.7. The molecule has 2 aromatic heterocycles. The molecule has 0 spiro atoms. The maximum absolute atomic E-state index is 5.91. The third-order valence-corrected chi connectivity index (χ3v) is 3.78. The molecule has 0 aromatic carbocycles. The molecule has 0 radical (unpaired) electrons. The summed E-state index contributed by atoms with van der Waals surface area (Å²) in [6.45, 7) is 5.92. The molecule has 6 heteroatoms. The van der Waals surface area contributed by atoms with Crippen LogP contribution in [0, 0.1) is 12.8 Å². The van der Waals surface area contributed by atoms with Gasteiger partial charge in [0.2, 0.25) is 0 Å². The van der Waals surface area contributed by atoms with Gasteiger partial charge in [-0.1, -0.05) is 6.92 Å². The summed E-state index contributed by atoms with van der Waals surface area (Å²) >= 11 is 0. The van der Waals surface area contributed by atoms with Crippen molar-refractivity contribution in [3.63, 3.8) is 0 Å². The molecule has 2 N–H and O–H groups in total. The van der Waals surface area contributed by atoms with Crippen molar-refractivity contribution in [2.45, 2.75) is 26.3 Å².